The molecule has 0 saturated heterocycles. The van der Waals surface area contributed by atoms with Gasteiger partial charge in [-0.15, -0.1) is 0 Å². The monoisotopic (exact) mass is 429 g/mol. The van der Waals surface area contributed by atoms with Crippen LogP contribution in [0.3, 0.4) is 0 Å². The number of nitrogens with two attached hydrogens (primary N) is 1. The summed E-state index contributed by atoms with van der Waals surface area (Å²) in [5.74, 6) is -1.83. The van der Waals surface area contributed by atoms with Gasteiger partial charge >= 0.3 is 0 Å². The summed E-state index contributed by atoms with van der Waals surface area (Å²) >= 11 is 0. The zero-order valence-corrected chi connectivity index (χ0v) is 17.2. The van der Waals surface area contributed by atoms with Gasteiger partial charge in [0, 0.05) is 31.3 Å². The molecule has 0 radical (unpaired) electrons. The first-order chi connectivity index (χ1) is 14.9. The maximum Gasteiger partial charge on any atom is 0.292 e. The molecule has 31 heavy (non-hydrogen) atoms. The van der Waals surface area contributed by atoms with Crippen molar-refractivity contribution >= 4 is 5.91 Å². The summed E-state index contributed by atoms with van der Waals surface area (Å²) in [6.07, 6.45) is 1.13. The molecule has 3 rings (SSSR count). The summed E-state index contributed by atoms with van der Waals surface area (Å²) < 4.78 is 31.9. The first kappa shape index (κ1) is 22.6. The fourth-order valence-electron chi connectivity index (χ4n) is 3.37. The van der Waals surface area contributed by atoms with E-state index in [1.54, 1.807) is 0 Å². The van der Waals surface area contributed by atoms with Gasteiger partial charge in [0.05, 0.1) is 12.3 Å². The van der Waals surface area contributed by atoms with Gasteiger partial charge < -0.3 is 20.3 Å². The number of aromatic nitrogens is 1. The number of aliphatic hydroxyl groups is 1. The quantitative estimate of drug-likeness (QED) is 0.545. The highest BCUT2D eigenvalue weighted by atomic mass is 19.1. The lowest BCUT2D eigenvalue weighted by Gasteiger charge is -2.27. The zero-order valence-electron chi connectivity index (χ0n) is 17.2. The third-order valence-electron chi connectivity index (χ3n) is 5.00. The van der Waals surface area contributed by atoms with Crippen molar-refractivity contribution in [2.75, 3.05) is 6.54 Å². The highest BCUT2D eigenvalue weighted by Crippen LogP contribution is 2.15. The summed E-state index contributed by atoms with van der Waals surface area (Å²) in [5.41, 5.74) is 8.42. The van der Waals surface area contributed by atoms with Gasteiger partial charge in [-0.25, -0.2) is 8.78 Å². The average Bonchev–Trinajstić information content (AvgIpc) is 3.27. The third kappa shape index (κ3) is 6.19. The summed E-state index contributed by atoms with van der Waals surface area (Å²) in [6, 6.07) is 11.5. The number of hydrogen-bond donors (Lipinski definition) is 2. The van der Waals surface area contributed by atoms with E-state index in [1.165, 1.54) is 29.3 Å². The number of amides is 1. The van der Waals surface area contributed by atoms with Gasteiger partial charge in [0.1, 0.15) is 11.6 Å². The van der Waals surface area contributed by atoms with E-state index in [0.29, 0.717) is 5.56 Å². The minimum Gasteiger partial charge on any atom is -0.390 e. The van der Waals surface area contributed by atoms with Crippen LogP contribution >= 0.6 is 0 Å². The summed E-state index contributed by atoms with van der Waals surface area (Å²) in [7, 11) is 0. The molecule has 1 amide bonds. The van der Waals surface area contributed by atoms with Crippen LogP contribution in [0.4, 0.5) is 8.78 Å². The third-order valence-corrected chi connectivity index (χ3v) is 5.00. The number of hydrogen-bond acceptors (Lipinski definition) is 5. The molecule has 0 fully saturated rings. The van der Waals surface area contributed by atoms with Crippen LogP contribution < -0.4 is 5.73 Å². The minimum absolute atomic E-state index is 0.0413. The predicted molar refractivity (Wildman–Crippen MR) is 111 cm³/mol. The Labute approximate surface area is 179 Å². The molecule has 164 valence electrons. The molecule has 3 aromatic rings. The van der Waals surface area contributed by atoms with Crippen molar-refractivity contribution in [3.8, 4) is 0 Å². The number of aliphatic hydroxyl groups excluding tert-OH is 1. The second-order valence-corrected chi connectivity index (χ2v) is 7.45. The molecule has 8 heteroatoms. The Morgan fingerprint density at radius 3 is 2.48 bits per heavy atom. The number of nitrogens with zero attached hydrogens (tertiary/aromatic N) is 2. The van der Waals surface area contributed by atoms with E-state index < -0.39 is 29.7 Å². The Bertz CT molecular complexity index is 991. The summed E-state index contributed by atoms with van der Waals surface area (Å²) in [4.78, 5) is 14.3. The molecular weight excluding hydrogens is 404 g/mol. The molecule has 0 aliphatic carbocycles. The predicted octanol–water partition coefficient (Wildman–Crippen LogP) is 3.09. The number of halogens is 2. The van der Waals surface area contributed by atoms with Crippen LogP contribution in [-0.2, 0) is 19.4 Å². The molecule has 2 atom stereocenters. The maximum absolute atomic E-state index is 13.4. The Morgan fingerprint density at radius 2 is 1.84 bits per heavy atom. The number of carbonyl (C=O) groups excluding carboxylic acids is 1. The van der Waals surface area contributed by atoms with Crippen LogP contribution in [0.5, 0.6) is 0 Å². The van der Waals surface area contributed by atoms with Crippen molar-refractivity contribution < 1.29 is 23.2 Å². The molecule has 0 aliphatic heterocycles. The zero-order chi connectivity index (χ0) is 22.4. The van der Waals surface area contributed by atoms with Crippen LogP contribution in [0, 0.1) is 11.6 Å². The lowest BCUT2D eigenvalue weighted by molar-refractivity contribution is 0.0519. The first-order valence-corrected chi connectivity index (χ1v) is 10.0. The topological polar surface area (TPSA) is 92.6 Å². The second kappa shape index (κ2) is 10.3. The second-order valence-electron chi connectivity index (χ2n) is 7.45. The molecule has 3 N–H and O–H groups in total. The Morgan fingerprint density at radius 1 is 1.13 bits per heavy atom. The minimum atomic E-state index is -1.13. The number of carbonyl (C=O) groups is 1. The van der Waals surface area contributed by atoms with Gasteiger partial charge in [0.2, 0.25) is 5.76 Å². The average molecular weight is 429 g/mol. The van der Waals surface area contributed by atoms with Gasteiger partial charge in [0.25, 0.3) is 5.91 Å². The van der Waals surface area contributed by atoms with Crippen LogP contribution in [-0.4, -0.2) is 39.8 Å². The highest BCUT2D eigenvalue weighted by Gasteiger charge is 2.25. The van der Waals surface area contributed by atoms with E-state index in [0.717, 1.165) is 23.6 Å². The van der Waals surface area contributed by atoms with Gasteiger partial charge in [-0.2, -0.15) is 0 Å². The first-order valence-electron chi connectivity index (χ1n) is 10.0. The van der Waals surface area contributed by atoms with E-state index in [-0.39, 0.29) is 25.3 Å². The van der Waals surface area contributed by atoms with Crippen molar-refractivity contribution in [1.29, 1.82) is 0 Å². The molecule has 0 spiro atoms. The van der Waals surface area contributed by atoms with Gasteiger partial charge in [-0.3, -0.25) is 4.79 Å². The molecule has 2 unspecified atom stereocenters. The maximum atomic E-state index is 13.4. The molecule has 0 saturated carbocycles. The van der Waals surface area contributed by atoms with E-state index >= 15 is 0 Å². The van der Waals surface area contributed by atoms with E-state index in [9.17, 15) is 18.7 Å². The van der Waals surface area contributed by atoms with Crippen LogP contribution in [0.25, 0.3) is 0 Å². The molecule has 1 heterocycles. The van der Waals surface area contributed by atoms with Crippen molar-refractivity contribution in [2.45, 2.75) is 38.5 Å². The summed E-state index contributed by atoms with van der Waals surface area (Å²) in [6.45, 7) is 2.18. The summed E-state index contributed by atoms with van der Waals surface area (Å²) in [5, 5.41) is 14.2. The van der Waals surface area contributed by atoms with Crippen LogP contribution in [0.1, 0.15) is 34.2 Å². The van der Waals surface area contributed by atoms with Crippen molar-refractivity contribution in [1.82, 2.24) is 10.1 Å². The molecule has 0 aliphatic rings. The van der Waals surface area contributed by atoms with E-state index in [2.05, 4.69) is 5.16 Å². The van der Waals surface area contributed by atoms with Crippen molar-refractivity contribution in [3.05, 3.63) is 88.8 Å². The molecule has 2 aromatic carbocycles. The Balaban J connectivity index is 1.75. The lowest BCUT2D eigenvalue weighted by atomic mass is 10.0. The molecular formula is C23H25F2N3O3. The largest absolute Gasteiger partial charge is 0.390 e. The van der Waals surface area contributed by atoms with Gasteiger partial charge in [0.15, 0.2) is 0 Å². The fourth-order valence-corrected chi connectivity index (χ4v) is 3.37. The normalized spacial score (nSPS) is 13.1. The Hall–Kier alpha value is -3.10. The Kier molecular flexibility index (Phi) is 7.49. The van der Waals surface area contributed by atoms with Crippen LogP contribution in [0.15, 0.2) is 59.3 Å². The van der Waals surface area contributed by atoms with E-state index in [1.807, 2.05) is 31.2 Å². The van der Waals surface area contributed by atoms with Crippen LogP contribution in [0.2, 0.25) is 0 Å². The molecule has 6 nitrogen and oxygen atoms in total. The standard InChI is InChI=1S/C23H25F2N3O3/c1-2-15-4-3-5-16(8-15)13-28(23(30)22-6-7-27-31-22)14-21(29)20(26)11-17-9-18(24)12-19(25)10-17/h3-10,12,20-21,29H,2,11,13-14,26H2,1H3. The van der Waals surface area contributed by atoms with Gasteiger partial charge in [-0.05, 0) is 41.7 Å². The SMILES string of the molecule is CCc1cccc(CN(CC(O)C(N)Cc2cc(F)cc(F)c2)C(=O)c2ccno2)c1. The smallest absolute Gasteiger partial charge is 0.292 e. The van der Waals surface area contributed by atoms with E-state index in [4.69, 9.17) is 10.3 Å². The highest BCUT2D eigenvalue weighted by molar-refractivity contribution is 5.91. The number of benzene rings is 2. The number of aryl methyl sites for hydroxylation is 1. The molecule has 1 aromatic heterocycles. The molecule has 0 bridgehead atoms. The number of rotatable bonds is 9. The lowest BCUT2D eigenvalue weighted by Crippen LogP contribution is -2.46. The fraction of sp³-hybridized carbons (Fsp3) is 0.304. The van der Waals surface area contributed by atoms with Crippen molar-refractivity contribution in [2.24, 2.45) is 5.73 Å². The van der Waals surface area contributed by atoms with Crippen molar-refractivity contribution in [3.63, 3.8) is 0 Å². The van der Waals surface area contributed by atoms with Gasteiger partial charge in [-0.1, -0.05) is 36.3 Å².